The molecular formula is C12H28IN3O. The van der Waals surface area contributed by atoms with Crippen LogP contribution in [0, 0.1) is 0 Å². The zero-order valence-electron chi connectivity index (χ0n) is 11.4. The van der Waals surface area contributed by atoms with E-state index in [1.165, 1.54) is 19.3 Å². The van der Waals surface area contributed by atoms with Gasteiger partial charge in [0, 0.05) is 33.9 Å². The van der Waals surface area contributed by atoms with Gasteiger partial charge >= 0.3 is 0 Å². The SMILES string of the molecule is CCCCNC(=NC)NCCCCCOC.I. The number of unbranched alkanes of at least 4 members (excludes halogenated alkanes) is 3. The highest BCUT2D eigenvalue weighted by molar-refractivity contribution is 14.0. The normalized spacial score (nSPS) is 10.9. The van der Waals surface area contributed by atoms with Crippen molar-refractivity contribution in [2.45, 2.75) is 39.0 Å². The van der Waals surface area contributed by atoms with Gasteiger partial charge in [0.2, 0.25) is 0 Å². The van der Waals surface area contributed by atoms with Gasteiger partial charge in [0.1, 0.15) is 0 Å². The molecule has 0 atom stereocenters. The summed E-state index contributed by atoms with van der Waals surface area (Å²) in [7, 11) is 3.56. The summed E-state index contributed by atoms with van der Waals surface area (Å²) in [6.45, 7) is 5.03. The molecule has 5 heteroatoms. The Morgan fingerprint density at radius 1 is 1.06 bits per heavy atom. The van der Waals surface area contributed by atoms with Crippen molar-refractivity contribution in [3.63, 3.8) is 0 Å². The third-order valence-corrected chi connectivity index (χ3v) is 2.36. The van der Waals surface area contributed by atoms with Crippen LogP contribution in [0.4, 0.5) is 0 Å². The Balaban J connectivity index is 0. The molecule has 17 heavy (non-hydrogen) atoms. The van der Waals surface area contributed by atoms with Crippen molar-refractivity contribution in [1.82, 2.24) is 10.6 Å². The maximum absolute atomic E-state index is 5.00. The molecule has 0 aliphatic heterocycles. The number of halogens is 1. The van der Waals surface area contributed by atoms with Gasteiger partial charge in [0.15, 0.2) is 5.96 Å². The predicted octanol–water partition coefficient (Wildman–Crippen LogP) is 2.39. The average Bonchev–Trinajstić information content (AvgIpc) is 2.31. The van der Waals surface area contributed by atoms with Crippen molar-refractivity contribution in [2.24, 2.45) is 4.99 Å². The molecule has 0 saturated carbocycles. The molecule has 0 rings (SSSR count). The minimum Gasteiger partial charge on any atom is -0.385 e. The van der Waals surface area contributed by atoms with E-state index in [-0.39, 0.29) is 24.0 Å². The maximum Gasteiger partial charge on any atom is 0.190 e. The fraction of sp³-hybridized carbons (Fsp3) is 0.917. The number of rotatable bonds is 9. The highest BCUT2D eigenvalue weighted by atomic mass is 127. The van der Waals surface area contributed by atoms with Crippen LogP contribution >= 0.6 is 24.0 Å². The van der Waals surface area contributed by atoms with E-state index in [1.54, 1.807) is 7.11 Å². The van der Waals surface area contributed by atoms with E-state index in [1.807, 2.05) is 7.05 Å². The van der Waals surface area contributed by atoms with E-state index in [4.69, 9.17) is 4.74 Å². The van der Waals surface area contributed by atoms with Crippen molar-refractivity contribution in [2.75, 3.05) is 33.9 Å². The van der Waals surface area contributed by atoms with Crippen LogP contribution in [0.1, 0.15) is 39.0 Å². The molecule has 0 amide bonds. The van der Waals surface area contributed by atoms with E-state index in [2.05, 4.69) is 22.5 Å². The van der Waals surface area contributed by atoms with Gasteiger partial charge in [-0.2, -0.15) is 0 Å². The standard InChI is InChI=1S/C12H27N3O.HI/c1-4-5-9-14-12(13-2)15-10-7-6-8-11-16-3;/h4-11H2,1-3H3,(H2,13,14,15);1H. The summed E-state index contributed by atoms with van der Waals surface area (Å²) in [5.74, 6) is 0.917. The Hall–Kier alpha value is -0.0400. The minimum atomic E-state index is 0. The summed E-state index contributed by atoms with van der Waals surface area (Å²) in [5, 5.41) is 6.59. The summed E-state index contributed by atoms with van der Waals surface area (Å²) in [6, 6.07) is 0. The highest BCUT2D eigenvalue weighted by Crippen LogP contribution is 1.93. The molecule has 2 N–H and O–H groups in total. The lowest BCUT2D eigenvalue weighted by Crippen LogP contribution is -2.38. The summed E-state index contributed by atoms with van der Waals surface area (Å²) in [6.07, 6.45) is 5.90. The van der Waals surface area contributed by atoms with E-state index in [0.29, 0.717) is 0 Å². The molecule has 4 nitrogen and oxygen atoms in total. The van der Waals surface area contributed by atoms with Crippen LogP contribution < -0.4 is 10.6 Å². The zero-order chi connectivity index (χ0) is 12.1. The van der Waals surface area contributed by atoms with Crippen molar-refractivity contribution in [3.05, 3.63) is 0 Å². The summed E-state index contributed by atoms with van der Waals surface area (Å²) >= 11 is 0. The Bertz CT molecular complexity index is 177. The van der Waals surface area contributed by atoms with Crippen LogP contribution in [-0.2, 0) is 4.74 Å². The topological polar surface area (TPSA) is 45.7 Å². The molecule has 0 bridgehead atoms. The molecule has 0 aliphatic carbocycles. The monoisotopic (exact) mass is 357 g/mol. The van der Waals surface area contributed by atoms with E-state index in [0.717, 1.165) is 38.5 Å². The molecule has 0 spiro atoms. The van der Waals surface area contributed by atoms with Crippen molar-refractivity contribution < 1.29 is 4.74 Å². The van der Waals surface area contributed by atoms with E-state index in [9.17, 15) is 0 Å². The number of methoxy groups -OCH3 is 1. The van der Waals surface area contributed by atoms with E-state index < -0.39 is 0 Å². The molecule has 104 valence electrons. The average molecular weight is 357 g/mol. The first-order valence-electron chi connectivity index (χ1n) is 6.28. The number of hydrogen-bond acceptors (Lipinski definition) is 2. The van der Waals surface area contributed by atoms with Gasteiger partial charge in [0.25, 0.3) is 0 Å². The van der Waals surface area contributed by atoms with Crippen LogP contribution in [0.3, 0.4) is 0 Å². The van der Waals surface area contributed by atoms with Crippen LogP contribution in [-0.4, -0.2) is 39.8 Å². The van der Waals surface area contributed by atoms with Crippen LogP contribution in [0.15, 0.2) is 4.99 Å². The van der Waals surface area contributed by atoms with Crippen LogP contribution in [0.2, 0.25) is 0 Å². The Labute approximate surface area is 123 Å². The second kappa shape index (κ2) is 16.0. The van der Waals surface area contributed by atoms with Gasteiger partial charge in [-0.3, -0.25) is 4.99 Å². The van der Waals surface area contributed by atoms with Crippen LogP contribution in [0.5, 0.6) is 0 Å². The van der Waals surface area contributed by atoms with E-state index >= 15 is 0 Å². The molecular weight excluding hydrogens is 329 g/mol. The lowest BCUT2D eigenvalue weighted by Gasteiger charge is -2.11. The summed E-state index contributed by atoms with van der Waals surface area (Å²) in [5.41, 5.74) is 0. The number of guanidine groups is 1. The predicted molar refractivity (Wildman–Crippen MR) is 85.4 cm³/mol. The largest absolute Gasteiger partial charge is 0.385 e. The van der Waals surface area contributed by atoms with Gasteiger partial charge in [0.05, 0.1) is 0 Å². The summed E-state index contributed by atoms with van der Waals surface area (Å²) < 4.78 is 5.00. The molecule has 0 saturated heterocycles. The van der Waals surface area contributed by atoms with Gasteiger partial charge in [-0.1, -0.05) is 13.3 Å². The molecule has 0 heterocycles. The smallest absolute Gasteiger partial charge is 0.190 e. The lowest BCUT2D eigenvalue weighted by molar-refractivity contribution is 0.192. The lowest BCUT2D eigenvalue weighted by atomic mass is 10.2. The first-order chi connectivity index (χ1) is 7.85. The molecule has 0 unspecified atom stereocenters. The first kappa shape index (κ1) is 19.3. The molecule has 0 aromatic carbocycles. The van der Waals surface area contributed by atoms with Gasteiger partial charge in [-0.25, -0.2) is 0 Å². The fourth-order valence-corrected chi connectivity index (χ4v) is 1.36. The first-order valence-corrected chi connectivity index (χ1v) is 6.28. The minimum absolute atomic E-state index is 0. The molecule has 0 radical (unpaired) electrons. The number of nitrogens with zero attached hydrogens (tertiary/aromatic N) is 1. The van der Waals surface area contributed by atoms with Gasteiger partial charge < -0.3 is 15.4 Å². The van der Waals surface area contributed by atoms with Gasteiger partial charge in [-0.15, -0.1) is 24.0 Å². The fourth-order valence-electron chi connectivity index (χ4n) is 1.36. The van der Waals surface area contributed by atoms with Gasteiger partial charge in [-0.05, 0) is 25.7 Å². The van der Waals surface area contributed by atoms with Crippen molar-refractivity contribution in [1.29, 1.82) is 0 Å². The highest BCUT2D eigenvalue weighted by Gasteiger charge is 1.95. The van der Waals surface area contributed by atoms with Crippen molar-refractivity contribution >= 4 is 29.9 Å². The maximum atomic E-state index is 5.00. The summed E-state index contributed by atoms with van der Waals surface area (Å²) in [4.78, 5) is 4.16. The number of ether oxygens (including phenoxy) is 1. The molecule has 0 aromatic heterocycles. The second-order valence-corrected chi connectivity index (χ2v) is 3.83. The quantitative estimate of drug-likeness (QED) is 0.288. The van der Waals surface area contributed by atoms with Crippen molar-refractivity contribution in [3.8, 4) is 0 Å². The third-order valence-electron chi connectivity index (χ3n) is 2.36. The number of hydrogen-bond donors (Lipinski definition) is 2. The third kappa shape index (κ3) is 13.9. The Morgan fingerprint density at radius 3 is 2.24 bits per heavy atom. The Kier molecular flexibility index (Phi) is 18.1. The zero-order valence-corrected chi connectivity index (χ0v) is 13.8. The molecule has 0 fully saturated rings. The molecule has 0 aromatic rings. The Morgan fingerprint density at radius 2 is 1.71 bits per heavy atom. The van der Waals surface area contributed by atoms with Crippen LogP contribution in [0.25, 0.3) is 0 Å². The molecule has 0 aliphatic rings. The second-order valence-electron chi connectivity index (χ2n) is 3.83. The number of aliphatic imine (C=N–C) groups is 1. The number of nitrogens with one attached hydrogen (secondary N) is 2.